The normalized spacial score (nSPS) is 15.6. The van der Waals surface area contributed by atoms with Crippen LogP contribution in [0.25, 0.3) is 44.2 Å². The fourth-order valence-corrected chi connectivity index (χ4v) is 7.87. The molecule has 1 aromatic heterocycles. The summed E-state index contributed by atoms with van der Waals surface area (Å²) in [4.78, 5) is 2.53. The molecule has 0 saturated carbocycles. The maximum Gasteiger partial charge on any atom is 0.141 e. The molecule has 6 aromatic carbocycles. The predicted octanol–water partition coefficient (Wildman–Crippen LogP) is 11.7. The Bertz CT molecular complexity index is 2260. The van der Waals surface area contributed by atoms with Crippen LogP contribution in [0, 0.1) is 0 Å². The summed E-state index contributed by atoms with van der Waals surface area (Å²) in [6.07, 6.45) is 0. The van der Waals surface area contributed by atoms with Gasteiger partial charge in [0.05, 0.1) is 17.1 Å². The molecule has 7 aromatic rings. The molecule has 0 radical (unpaired) electrons. The van der Waals surface area contributed by atoms with Crippen LogP contribution in [-0.2, 0) is 10.8 Å². The zero-order valence-electron chi connectivity index (χ0n) is 25.5. The third kappa shape index (κ3) is 3.31. The van der Waals surface area contributed by atoms with Crippen molar-refractivity contribution in [3.8, 4) is 22.3 Å². The molecule has 3 heterocycles. The first-order valence-electron chi connectivity index (χ1n) is 15.5. The molecule has 0 N–H and O–H groups in total. The Kier molecular flexibility index (Phi) is 5.05. The maximum absolute atomic E-state index is 6.79. The first-order valence-corrected chi connectivity index (χ1v) is 15.5. The van der Waals surface area contributed by atoms with E-state index >= 15 is 0 Å². The number of hydrogen-bond acceptors (Lipinski definition) is 2. The average molecular weight is 568 g/mol. The van der Waals surface area contributed by atoms with E-state index in [0.29, 0.717) is 0 Å². The van der Waals surface area contributed by atoms with E-state index in [9.17, 15) is 0 Å². The van der Waals surface area contributed by atoms with Gasteiger partial charge in [0.1, 0.15) is 11.2 Å². The summed E-state index contributed by atoms with van der Waals surface area (Å²) in [6.45, 7) is 9.54. The number of hydrogen-bond donors (Lipinski definition) is 0. The quantitative estimate of drug-likeness (QED) is 0.207. The Morgan fingerprint density at radius 2 is 1.02 bits per heavy atom. The van der Waals surface area contributed by atoms with Crippen molar-refractivity contribution in [3.05, 3.63) is 150 Å². The summed E-state index contributed by atoms with van der Waals surface area (Å²) >= 11 is 0. The second-order valence-electron chi connectivity index (χ2n) is 13.4. The summed E-state index contributed by atoms with van der Waals surface area (Å²) in [5.41, 5.74) is 15.3. The lowest BCUT2D eigenvalue weighted by atomic mass is 9.65. The van der Waals surface area contributed by atoms with Gasteiger partial charge in [0.15, 0.2) is 0 Å². The van der Waals surface area contributed by atoms with E-state index in [1.165, 1.54) is 72.3 Å². The van der Waals surface area contributed by atoms with Crippen LogP contribution in [0.1, 0.15) is 49.9 Å². The highest BCUT2D eigenvalue weighted by atomic mass is 16.3. The van der Waals surface area contributed by atoms with E-state index in [-0.39, 0.29) is 10.8 Å². The Morgan fingerprint density at radius 3 is 1.64 bits per heavy atom. The standard InChI is InChI=1S/C42H33NO/c1-41(2)32-23-28(26-13-7-5-8-14-26)19-21-35(32)43-36-22-20-29(27-15-9-6-10-16-27)24-33(36)42(3,4)38-39(43)34(41)25-31-30-17-11-12-18-37(30)44-40(31)38/h5-25H,1-4H3. The minimum absolute atomic E-state index is 0.231. The highest BCUT2D eigenvalue weighted by molar-refractivity contribution is 6.11. The minimum atomic E-state index is -0.300. The molecule has 2 aliphatic rings. The van der Waals surface area contributed by atoms with Crippen LogP contribution < -0.4 is 4.90 Å². The number of furan rings is 1. The Morgan fingerprint density at radius 1 is 0.477 bits per heavy atom. The molecular formula is C42H33NO. The summed E-state index contributed by atoms with van der Waals surface area (Å²) in [5, 5.41) is 2.37. The van der Waals surface area contributed by atoms with Crippen LogP contribution in [0.4, 0.5) is 17.1 Å². The van der Waals surface area contributed by atoms with Crippen molar-refractivity contribution in [2.24, 2.45) is 0 Å². The summed E-state index contributed by atoms with van der Waals surface area (Å²) < 4.78 is 6.79. The highest BCUT2D eigenvalue weighted by Gasteiger charge is 2.47. The topological polar surface area (TPSA) is 16.4 Å². The number of nitrogens with zero attached hydrogens (tertiary/aromatic N) is 1. The van der Waals surface area contributed by atoms with Gasteiger partial charge in [0, 0.05) is 27.2 Å². The van der Waals surface area contributed by atoms with Crippen molar-refractivity contribution in [1.29, 1.82) is 0 Å². The molecule has 2 aliphatic heterocycles. The van der Waals surface area contributed by atoms with Crippen molar-refractivity contribution in [1.82, 2.24) is 0 Å². The van der Waals surface area contributed by atoms with Crippen LogP contribution in [0.2, 0.25) is 0 Å². The van der Waals surface area contributed by atoms with Gasteiger partial charge in [-0.25, -0.2) is 0 Å². The SMILES string of the molecule is CC1(C)c2cc(-c3ccccc3)ccc2N2c3ccc(-c4ccccc4)cc3C(C)(C)c3c2c1cc1c3oc2ccccc21. The number of fused-ring (bicyclic) bond motifs is 8. The number of anilines is 3. The molecular weight excluding hydrogens is 534 g/mol. The fraction of sp³-hybridized carbons (Fsp3) is 0.143. The highest BCUT2D eigenvalue weighted by Crippen LogP contribution is 2.62. The van der Waals surface area contributed by atoms with Crippen molar-refractivity contribution < 1.29 is 4.42 Å². The third-order valence-corrected chi connectivity index (χ3v) is 10.2. The largest absolute Gasteiger partial charge is 0.456 e. The molecule has 9 rings (SSSR count). The summed E-state index contributed by atoms with van der Waals surface area (Å²) in [5.74, 6) is 0. The smallest absolute Gasteiger partial charge is 0.141 e. The Balaban J connectivity index is 1.41. The second kappa shape index (κ2) is 8.74. The molecule has 0 saturated heterocycles. The van der Waals surface area contributed by atoms with Crippen LogP contribution >= 0.6 is 0 Å². The zero-order chi connectivity index (χ0) is 29.8. The fourth-order valence-electron chi connectivity index (χ4n) is 7.87. The number of para-hydroxylation sites is 1. The van der Waals surface area contributed by atoms with Crippen LogP contribution in [0.3, 0.4) is 0 Å². The van der Waals surface area contributed by atoms with Crippen LogP contribution in [0.15, 0.2) is 132 Å². The van der Waals surface area contributed by atoms with Gasteiger partial charge in [-0.15, -0.1) is 0 Å². The van der Waals surface area contributed by atoms with Gasteiger partial charge in [-0.3, -0.25) is 0 Å². The molecule has 2 heteroatoms. The summed E-state index contributed by atoms with van der Waals surface area (Å²) in [7, 11) is 0. The van der Waals surface area contributed by atoms with Crippen molar-refractivity contribution >= 4 is 39.0 Å². The van der Waals surface area contributed by atoms with E-state index in [4.69, 9.17) is 4.42 Å². The lowest BCUT2D eigenvalue weighted by Crippen LogP contribution is -2.38. The molecule has 0 bridgehead atoms. The van der Waals surface area contributed by atoms with Crippen LogP contribution in [-0.4, -0.2) is 0 Å². The van der Waals surface area contributed by atoms with Crippen LogP contribution in [0.5, 0.6) is 0 Å². The molecule has 44 heavy (non-hydrogen) atoms. The van der Waals surface area contributed by atoms with Gasteiger partial charge in [0.2, 0.25) is 0 Å². The summed E-state index contributed by atoms with van der Waals surface area (Å²) in [6, 6.07) is 46.4. The van der Waals surface area contributed by atoms with Gasteiger partial charge in [-0.05, 0) is 75.3 Å². The molecule has 0 amide bonds. The van der Waals surface area contributed by atoms with Crippen molar-refractivity contribution in [2.75, 3.05) is 4.90 Å². The monoisotopic (exact) mass is 567 g/mol. The molecule has 0 atom stereocenters. The molecule has 0 aliphatic carbocycles. The first kappa shape index (κ1) is 25.4. The molecule has 2 nitrogen and oxygen atoms in total. The predicted molar refractivity (Wildman–Crippen MR) is 184 cm³/mol. The van der Waals surface area contributed by atoms with E-state index < -0.39 is 0 Å². The van der Waals surface area contributed by atoms with E-state index in [0.717, 1.165) is 11.2 Å². The lowest BCUT2D eigenvalue weighted by molar-refractivity contribution is 0.583. The van der Waals surface area contributed by atoms with Crippen molar-refractivity contribution in [3.63, 3.8) is 0 Å². The van der Waals surface area contributed by atoms with E-state index in [1.807, 2.05) is 0 Å². The minimum Gasteiger partial charge on any atom is -0.456 e. The third-order valence-electron chi connectivity index (χ3n) is 10.2. The van der Waals surface area contributed by atoms with Gasteiger partial charge >= 0.3 is 0 Å². The second-order valence-corrected chi connectivity index (χ2v) is 13.4. The lowest BCUT2D eigenvalue weighted by Gasteiger charge is -2.49. The number of rotatable bonds is 2. The van der Waals surface area contributed by atoms with Gasteiger partial charge in [0.25, 0.3) is 0 Å². The Hall–Kier alpha value is -5.08. The maximum atomic E-state index is 6.79. The Labute approximate surface area is 258 Å². The first-order chi connectivity index (χ1) is 21.3. The molecule has 0 unspecified atom stereocenters. The molecule has 0 spiro atoms. The molecule has 212 valence electrons. The van der Waals surface area contributed by atoms with Gasteiger partial charge in [-0.1, -0.05) is 119 Å². The van der Waals surface area contributed by atoms with E-state index in [1.54, 1.807) is 0 Å². The number of benzene rings is 6. The average Bonchev–Trinajstić information content (AvgIpc) is 3.43. The van der Waals surface area contributed by atoms with Gasteiger partial charge < -0.3 is 9.32 Å². The van der Waals surface area contributed by atoms with Crippen molar-refractivity contribution in [2.45, 2.75) is 38.5 Å². The van der Waals surface area contributed by atoms with E-state index in [2.05, 4.69) is 160 Å². The zero-order valence-corrected chi connectivity index (χ0v) is 25.5. The molecule has 0 fully saturated rings. The van der Waals surface area contributed by atoms with Gasteiger partial charge in [-0.2, -0.15) is 0 Å².